The Hall–Kier alpha value is -1.89. The first kappa shape index (κ1) is 10.2. The zero-order chi connectivity index (χ0) is 10.4. The molecule has 4 nitrogen and oxygen atoms in total. The molecule has 0 unspecified atom stereocenters. The first-order valence-electron chi connectivity index (χ1n) is 4.32. The molecule has 0 aromatic carbocycles. The van der Waals surface area contributed by atoms with Crippen LogP contribution in [-0.4, -0.2) is 17.3 Å². The fraction of sp³-hybridized carbons (Fsp3) is 0.300. The van der Waals surface area contributed by atoms with Gasteiger partial charge in [0.25, 0.3) is 0 Å². The molecule has 0 saturated carbocycles. The number of rotatable bonds is 4. The highest BCUT2D eigenvalue weighted by Gasteiger charge is 1.98. The molecule has 0 aliphatic rings. The van der Waals surface area contributed by atoms with Crippen LogP contribution in [0.25, 0.3) is 0 Å². The van der Waals surface area contributed by atoms with Gasteiger partial charge in [-0.2, -0.15) is 5.26 Å². The van der Waals surface area contributed by atoms with Crippen LogP contribution in [0.2, 0.25) is 0 Å². The largest absolute Gasteiger partial charge is 0.369 e. The molecule has 4 heteroatoms. The maximum Gasteiger partial charge on any atom is 0.161 e. The summed E-state index contributed by atoms with van der Waals surface area (Å²) in [6.45, 7) is 2.07. The number of nitrogens with zero attached hydrogens (tertiary/aromatic N) is 2. The Morgan fingerprint density at radius 1 is 1.64 bits per heavy atom. The molecule has 0 amide bonds. The van der Waals surface area contributed by atoms with Gasteiger partial charge in [0.05, 0.1) is 12.5 Å². The molecule has 0 radical (unpaired) electrons. The lowest BCUT2D eigenvalue weighted by Crippen LogP contribution is -2.03. The molecular formula is C10H11N3O. The van der Waals surface area contributed by atoms with Crippen LogP contribution in [0.3, 0.4) is 0 Å². The van der Waals surface area contributed by atoms with Crippen molar-refractivity contribution in [3.8, 4) is 6.07 Å². The molecule has 0 saturated heterocycles. The molecule has 1 aromatic heterocycles. The van der Waals surface area contributed by atoms with Gasteiger partial charge in [-0.3, -0.25) is 4.79 Å². The summed E-state index contributed by atoms with van der Waals surface area (Å²) < 4.78 is 0. The average molecular weight is 189 g/mol. The monoisotopic (exact) mass is 189 g/mol. The van der Waals surface area contributed by atoms with E-state index in [1.54, 1.807) is 12.1 Å². The third-order valence-electron chi connectivity index (χ3n) is 1.71. The van der Waals surface area contributed by atoms with Crippen LogP contribution >= 0.6 is 0 Å². The van der Waals surface area contributed by atoms with E-state index in [1.807, 2.05) is 6.07 Å². The molecule has 14 heavy (non-hydrogen) atoms. The fourth-order valence-electron chi connectivity index (χ4n) is 0.953. The second kappa shape index (κ2) is 4.97. The SMILES string of the molecule is CC(=O)c1ccc(NCCC#N)nc1. The normalized spacial score (nSPS) is 9.14. The second-order valence-corrected chi connectivity index (χ2v) is 2.82. The van der Waals surface area contributed by atoms with E-state index in [4.69, 9.17) is 5.26 Å². The summed E-state index contributed by atoms with van der Waals surface area (Å²) >= 11 is 0. The van der Waals surface area contributed by atoms with Crippen LogP contribution < -0.4 is 5.32 Å². The van der Waals surface area contributed by atoms with Crippen molar-refractivity contribution in [2.24, 2.45) is 0 Å². The molecule has 0 fully saturated rings. The number of Topliss-reactive ketones (excluding diaryl/α,β-unsaturated/α-hetero) is 1. The first-order chi connectivity index (χ1) is 6.74. The van der Waals surface area contributed by atoms with Crippen molar-refractivity contribution in [3.63, 3.8) is 0 Å². The number of hydrogen-bond donors (Lipinski definition) is 1. The van der Waals surface area contributed by atoms with E-state index < -0.39 is 0 Å². The van der Waals surface area contributed by atoms with Crippen LogP contribution in [0.5, 0.6) is 0 Å². The Kier molecular flexibility index (Phi) is 3.62. The van der Waals surface area contributed by atoms with Crippen molar-refractivity contribution in [2.45, 2.75) is 13.3 Å². The highest BCUT2D eigenvalue weighted by atomic mass is 16.1. The predicted molar refractivity (Wildman–Crippen MR) is 53.0 cm³/mol. The lowest BCUT2D eigenvalue weighted by Gasteiger charge is -2.02. The van der Waals surface area contributed by atoms with Gasteiger partial charge in [0.1, 0.15) is 5.82 Å². The Morgan fingerprint density at radius 2 is 2.43 bits per heavy atom. The first-order valence-corrected chi connectivity index (χ1v) is 4.32. The van der Waals surface area contributed by atoms with Crippen LogP contribution in [-0.2, 0) is 0 Å². The third-order valence-corrected chi connectivity index (χ3v) is 1.71. The standard InChI is InChI=1S/C10H11N3O/c1-8(14)9-3-4-10(13-7-9)12-6-2-5-11/h3-4,7H,2,6H2,1H3,(H,12,13). The summed E-state index contributed by atoms with van der Waals surface area (Å²) in [4.78, 5) is 14.9. The molecule has 0 aliphatic heterocycles. The summed E-state index contributed by atoms with van der Waals surface area (Å²) in [5.74, 6) is 0.686. The van der Waals surface area contributed by atoms with Gasteiger partial charge in [0.2, 0.25) is 0 Å². The summed E-state index contributed by atoms with van der Waals surface area (Å²) in [6, 6.07) is 5.47. The number of pyridine rings is 1. The third kappa shape index (κ3) is 2.87. The number of carbonyl (C=O) groups excluding carboxylic acids is 1. The van der Waals surface area contributed by atoms with Crippen molar-refractivity contribution < 1.29 is 4.79 Å². The van der Waals surface area contributed by atoms with Gasteiger partial charge in [0, 0.05) is 18.3 Å². The highest BCUT2D eigenvalue weighted by Crippen LogP contribution is 2.05. The highest BCUT2D eigenvalue weighted by molar-refractivity contribution is 5.93. The summed E-state index contributed by atoms with van der Waals surface area (Å²) in [5.41, 5.74) is 0.593. The molecule has 1 aromatic rings. The fourth-order valence-corrected chi connectivity index (χ4v) is 0.953. The Morgan fingerprint density at radius 3 is 2.93 bits per heavy atom. The van der Waals surface area contributed by atoms with Gasteiger partial charge < -0.3 is 5.32 Å². The molecule has 0 aliphatic carbocycles. The Balaban J connectivity index is 2.56. The second-order valence-electron chi connectivity index (χ2n) is 2.82. The van der Waals surface area contributed by atoms with Gasteiger partial charge in [-0.1, -0.05) is 0 Å². The molecular weight excluding hydrogens is 178 g/mol. The minimum absolute atomic E-state index is 0.000995. The van der Waals surface area contributed by atoms with E-state index in [9.17, 15) is 4.79 Å². The van der Waals surface area contributed by atoms with E-state index in [-0.39, 0.29) is 5.78 Å². The van der Waals surface area contributed by atoms with Crippen molar-refractivity contribution >= 4 is 11.6 Å². The van der Waals surface area contributed by atoms with Gasteiger partial charge in [-0.25, -0.2) is 4.98 Å². The molecule has 1 N–H and O–H groups in total. The number of hydrogen-bond acceptors (Lipinski definition) is 4. The molecule has 1 rings (SSSR count). The number of ketones is 1. The maximum atomic E-state index is 10.9. The summed E-state index contributed by atoms with van der Waals surface area (Å²) in [6.07, 6.45) is 1.97. The topological polar surface area (TPSA) is 65.8 Å². The smallest absolute Gasteiger partial charge is 0.161 e. The molecule has 0 spiro atoms. The predicted octanol–water partition coefficient (Wildman–Crippen LogP) is 1.61. The minimum Gasteiger partial charge on any atom is -0.369 e. The van der Waals surface area contributed by atoms with E-state index in [0.29, 0.717) is 24.3 Å². The summed E-state index contributed by atoms with van der Waals surface area (Å²) in [5, 5.41) is 11.3. The van der Waals surface area contributed by atoms with E-state index in [1.165, 1.54) is 13.1 Å². The zero-order valence-electron chi connectivity index (χ0n) is 7.95. The Labute approximate surface area is 82.6 Å². The summed E-state index contributed by atoms with van der Waals surface area (Å²) in [7, 11) is 0. The van der Waals surface area contributed by atoms with E-state index >= 15 is 0 Å². The van der Waals surface area contributed by atoms with Gasteiger partial charge in [0.15, 0.2) is 5.78 Å². The quantitative estimate of drug-likeness (QED) is 0.577. The molecule has 1 heterocycles. The van der Waals surface area contributed by atoms with E-state index in [2.05, 4.69) is 10.3 Å². The van der Waals surface area contributed by atoms with Gasteiger partial charge in [-0.05, 0) is 19.1 Å². The van der Waals surface area contributed by atoms with Crippen LogP contribution in [0.1, 0.15) is 23.7 Å². The Bertz CT molecular complexity index is 351. The van der Waals surface area contributed by atoms with Crippen molar-refractivity contribution in [1.29, 1.82) is 5.26 Å². The maximum absolute atomic E-state index is 10.9. The lowest BCUT2D eigenvalue weighted by atomic mass is 10.2. The van der Waals surface area contributed by atoms with Crippen LogP contribution in [0.15, 0.2) is 18.3 Å². The number of aromatic nitrogens is 1. The number of nitrogens with one attached hydrogen (secondary N) is 1. The van der Waals surface area contributed by atoms with Crippen molar-refractivity contribution in [3.05, 3.63) is 23.9 Å². The van der Waals surface area contributed by atoms with Crippen LogP contribution in [0.4, 0.5) is 5.82 Å². The van der Waals surface area contributed by atoms with Crippen molar-refractivity contribution in [1.82, 2.24) is 4.98 Å². The number of carbonyl (C=O) groups is 1. The zero-order valence-corrected chi connectivity index (χ0v) is 7.95. The average Bonchev–Trinajstić information content (AvgIpc) is 2.19. The van der Waals surface area contributed by atoms with E-state index in [0.717, 1.165) is 0 Å². The number of anilines is 1. The van der Waals surface area contributed by atoms with Crippen LogP contribution in [0, 0.1) is 11.3 Å². The van der Waals surface area contributed by atoms with Gasteiger partial charge in [-0.15, -0.1) is 0 Å². The van der Waals surface area contributed by atoms with Crippen molar-refractivity contribution in [2.75, 3.05) is 11.9 Å². The molecule has 72 valence electrons. The molecule has 0 bridgehead atoms. The lowest BCUT2D eigenvalue weighted by molar-refractivity contribution is 0.101. The number of nitriles is 1. The minimum atomic E-state index is 0.000995. The van der Waals surface area contributed by atoms with Gasteiger partial charge >= 0.3 is 0 Å². The molecule has 0 atom stereocenters.